The predicted molar refractivity (Wildman–Crippen MR) is 117 cm³/mol. The van der Waals surface area contributed by atoms with Gasteiger partial charge in [-0.2, -0.15) is 0 Å². The minimum Gasteiger partial charge on any atom is -0.329 e. The van der Waals surface area contributed by atoms with Crippen LogP contribution in [0.25, 0.3) is 11.4 Å². The quantitative estimate of drug-likeness (QED) is 0.535. The molecule has 1 atom stereocenters. The van der Waals surface area contributed by atoms with E-state index in [0.29, 0.717) is 11.2 Å². The van der Waals surface area contributed by atoms with Crippen LogP contribution in [0.15, 0.2) is 48.5 Å². The zero-order chi connectivity index (χ0) is 19.7. The molecule has 3 nitrogen and oxygen atoms in total. The van der Waals surface area contributed by atoms with Gasteiger partial charge in [0.1, 0.15) is 5.82 Å². The van der Waals surface area contributed by atoms with Gasteiger partial charge in [0, 0.05) is 25.2 Å². The van der Waals surface area contributed by atoms with Gasteiger partial charge in [0.2, 0.25) is 0 Å². The third kappa shape index (κ3) is 3.61. The number of benzene rings is 2. The third-order valence-electron chi connectivity index (χ3n) is 6.02. The molecule has 1 fully saturated rings. The Bertz CT molecular complexity index is 941. The number of hydrogen-bond acceptors (Lipinski definition) is 2. The smallest absolute Gasteiger partial charge is 0.152 e. The lowest BCUT2D eigenvalue weighted by Crippen LogP contribution is -2.33. The summed E-state index contributed by atoms with van der Waals surface area (Å²) in [6.07, 6.45) is 3.72. The molecule has 146 valence electrons. The van der Waals surface area contributed by atoms with E-state index in [1.165, 1.54) is 41.5 Å². The number of halogens is 1. The van der Waals surface area contributed by atoms with E-state index in [9.17, 15) is 0 Å². The lowest BCUT2D eigenvalue weighted by Gasteiger charge is -2.36. The van der Waals surface area contributed by atoms with Crippen molar-refractivity contribution in [3.63, 3.8) is 0 Å². The van der Waals surface area contributed by atoms with Crippen LogP contribution >= 0.6 is 11.6 Å². The van der Waals surface area contributed by atoms with Crippen LogP contribution in [0.5, 0.6) is 0 Å². The minimum atomic E-state index is 0.449. The van der Waals surface area contributed by atoms with E-state index in [1.807, 2.05) is 0 Å². The molecule has 1 unspecified atom stereocenters. The Labute approximate surface area is 173 Å². The van der Waals surface area contributed by atoms with Crippen molar-refractivity contribution in [3.05, 3.63) is 76.1 Å². The van der Waals surface area contributed by atoms with Crippen LogP contribution in [0, 0.1) is 13.8 Å². The number of nitrogens with zero attached hydrogens (tertiary/aromatic N) is 3. The normalized spacial score (nSPS) is 17.8. The molecular formula is C24H28ClN3. The summed E-state index contributed by atoms with van der Waals surface area (Å²) in [5.41, 5.74) is 6.15. The Morgan fingerprint density at radius 2 is 1.71 bits per heavy atom. The van der Waals surface area contributed by atoms with Gasteiger partial charge >= 0.3 is 0 Å². The van der Waals surface area contributed by atoms with Gasteiger partial charge in [-0.05, 0) is 49.9 Å². The molecule has 1 saturated heterocycles. The molecule has 1 aliphatic heterocycles. The van der Waals surface area contributed by atoms with Crippen LogP contribution in [-0.4, -0.2) is 21.0 Å². The summed E-state index contributed by atoms with van der Waals surface area (Å²) in [4.78, 5) is 7.33. The number of hydrogen-bond donors (Lipinski definition) is 0. The Morgan fingerprint density at radius 1 is 1.00 bits per heavy atom. The minimum absolute atomic E-state index is 0.449. The van der Waals surface area contributed by atoms with E-state index >= 15 is 0 Å². The lowest BCUT2D eigenvalue weighted by molar-refractivity contribution is 0.137. The van der Waals surface area contributed by atoms with E-state index < -0.39 is 0 Å². The predicted octanol–water partition coefficient (Wildman–Crippen LogP) is 6.08. The fourth-order valence-corrected chi connectivity index (χ4v) is 4.75. The van der Waals surface area contributed by atoms with Crippen LogP contribution in [0.2, 0.25) is 5.15 Å². The summed E-state index contributed by atoms with van der Waals surface area (Å²) in [6, 6.07) is 17.7. The Kier molecular flexibility index (Phi) is 5.56. The SMILES string of the molecule is Cc1cccc(C)c1-c1nc(Cl)c(CN2CCCCC2c2ccccc2)n1C. The molecule has 0 amide bonds. The molecule has 0 spiro atoms. The number of likely N-dealkylation sites (tertiary alicyclic amines) is 1. The standard InChI is InChI=1S/C24H28ClN3/c1-17-10-9-11-18(2)22(17)24-26-23(25)21(27(24)3)16-28-15-8-7-14-20(28)19-12-5-4-6-13-19/h4-6,9-13,20H,7-8,14-16H2,1-3H3. The van der Waals surface area contributed by atoms with E-state index in [2.05, 4.69) is 78.9 Å². The summed E-state index contributed by atoms with van der Waals surface area (Å²) in [5.74, 6) is 0.962. The highest BCUT2D eigenvalue weighted by Crippen LogP contribution is 2.35. The Morgan fingerprint density at radius 3 is 2.43 bits per heavy atom. The first-order valence-electron chi connectivity index (χ1n) is 10.1. The second-order valence-corrected chi connectivity index (χ2v) is 8.25. The molecule has 4 rings (SSSR count). The first-order chi connectivity index (χ1) is 13.6. The first kappa shape index (κ1) is 19.2. The maximum Gasteiger partial charge on any atom is 0.152 e. The molecule has 0 radical (unpaired) electrons. The Hall–Kier alpha value is -2.10. The van der Waals surface area contributed by atoms with Crippen LogP contribution < -0.4 is 0 Å². The van der Waals surface area contributed by atoms with Crippen molar-refractivity contribution in [3.8, 4) is 11.4 Å². The topological polar surface area (TPSA) is 21.1 Å². The van der Waals surface area contributed by atoms with E-state index in [4.69, 9.17) is 16.6 Å². The van der Waals surface area contributed by atoms with Gasteiger partial charge in [-0.1, -0.05) is 66.6 Å². The maximum atomic E-state index is 6.66. The summed E-state index contributed by atoms with van der Waals surface area (Å²) in [5, 5.41) is 0.623. The molecule has 0 aliphatic carbocycles. The second kappa shape index (κ2) is 8.10. The summed E-state index contributed by atoms with van der Waals surface area (Å²) in [6.45, 7) is 6.20. The fourth-order valence-electron chi connectivity index (χ4n) is 4.49. The maximum absolute atomic E-state index is 6.66. The van der Waals surface area contributed by atoms with Gasteiger partial charge in [0.05, 0.1) is 5.69 Å². The molecule has 1 aromatic heterocycles. The summed E-state index contributed by atoms with van der Waals surface area (Å²) >= 11 is 6.66. The molecule has 0 bridgehead atoms. The molecule has 2 aromatic carbocycles. The highest BCUT2D eigenvalue weighted by molar-refractivity contribution is 6.30. The number of rotatable bonds is 4. The van der Waals surface area contributed by atoms with E-state index in [1.54, 1.807) is 0 Å². The lowest BCUT2D eigenvalue weighted by atomic mass is 9.95. The van der Waals surface area contributed by atoms with Crippen LogP contribution in [0.3, 0.4) is 0 Å². The molecule has 4 heteroatoms. The average Bonchev–Trinajstić information content (AvgIpc) is 2.97. The highest BCUT2D eigenvalue weighted by Gasteiger charge is 2.27. The molecule has 1 aliphatic rings. The van der Waals surface area contributed by atoms with Gasteiger partial charge in [-0.25, -0.2) is 4.98 Å². The molecule has 28 heavy (non-hydrogen) atoms. The number of piperidine rings is 1. The average molecular weight is 394 g/mol. The zero-order valence-corrected chi connectivity index (χ0v) is 17.7. The number of aryl methyl sites for hydroxylation is 2. The van der Waals surface area contributed by atoms with Gasteiger partial charge in [0.15, 0.2) is 5.15 Å². The van der Waals surface area contributed by atoms with Crippen LogP contribution in [0.1, 0.15) is 47.7 Å². The largest absolute Gasteiger partial charge is 0.329 e. The fraction of sp³-hybridized carbons (Fsp3) is 0.375. The van der Waals surface area contributed by atoms with E-state index in [-0.39, 0.29) is 0 Å². The van der Waals surface area contributed by atoms with Crippen molar-refractivity contribution in [2.75, 3.05) is 6.54 Å². The van der Waals surface area contributed by atoms with Crippen molar-refractivity contribution < 1.29 is 0 Å². The highest BCUT2D eigenvalue weighted by atomic mass is 35.5. The van der Waals surface area contributed by atoms with Gasteiger partial charge in [-0.15, -0.1) is 0 Å². The van der Waals surface area contributed by atoms with Gasteiger partial charge in [-0.3, -0.25) is 4.90 Å². The summed E-state index contributed by atoms with van der Waals surface area (Å²) < 4.78 is 2.19. The molecule has 0 saturated carbocycles. The molecule has 2 heterocycles. The van der Waals surface area contributed by atoms with Crippen molar-refractivity contribution in [2.24, 2.45) is 7.05 Å². The monoisotopic (exact) mass is 393 g/mol. The molecular weight excluding hydrogens is 366 g/mol. The summed E-state index contributed by atoms with van der Waals surface area (Å²) in [7, 11) is 2.09. The number of aromatic nitrogens is 2. The van der Waals surface area contributed by atoms with Crippen LogP contribution in [-0.2, 0) is 13.6 Å². The number of imidazole rings is 1. The van der Waals surface area contributed by atoms with Crippen molar-refractivity contribution in [1.29, 1.82) is 0 Å². The van der Waals surface area contributed by atoms with Gasteiger partial charge < -0.3 is 4.57 Å². The molecule has 3 aromatic rings. The van der Waals surface area contributed by atoms with E-state index in [0.717, 1.165) is 24.6 Å². The van der Waals surface area contributed by atoms with Crippen molar-refractivity contribution in [1.82, 2.24) is 14.5 Å². The van der Waals surface area contributed by atoms with Crippen LogP contribution in [0.4, 0.5) is 0 Å². The third-order valence-corrected chi connectivity index (χ3v) is 6.32. The first-order valence-corrected chi connectivity index (χ1v) is 10.5. The van der Waals surface area contributed by atoms with Crippen molar-refractivity contribution in [2.45, 2.75) is 45.7 Å². The Balaban J connectivity index is 1.67. The second-order valence-electron chi connectivity index (χ2n) is 7.89. The molecule has 0 N–H and O–H groups in total. The zero-order valence-electron chi connectivity index (χ0n) is 17.0. The van der Waals surface area contributed by atoms with Crippen molar-refractivity contribution >= 4 is 11.6 Å². The van der Waals surface area contributed by atoms with Gasteiger partial charge in [0.25, 0.3) is 0 Å².